The van der Waals surface area contributed by atoms with Crippen molar-refractivity contribution in [2.45, 2.75) is 0 Å². The van der Waals surface area contributed by atoms with E-state index in [0.29, 0.717) is 22.3 Å². The Bertz CT molecular complexity index is 697. The number of thiocarbonyl (C=S) groups is 1. The first kappa shape index (κ1) is 16.3. The van der Waals surface area contributed by atoms with E-state index in [1.54, 1.807) is 38.5 Å². The summed E-state index contributed by atoms with van der Waals surface area (Å²) in [6, 6.07) is 9.59. The van der Waals surface area contributed by atoms with Gasteiger partial charge in [0.25, 0.3) is 0 Å². The SMILES string of the molecule is COc1ccc(NC(=S)Nc2ccc(F)c(Cl)c2)cc1OC. The van der Waals surface area contributed by atoms with Crippen LogP contribution in [0.3, 0.4) is 0 Å². The second-order valence-electron chi connectivity index (χ2n) is 4.28. The molecule has 0 aliphatic heterocycles. The smallest absolute Gasteiger partial charge is 0.175 e. The molecule has 0 fully saturated rings. The Morgan fingerprint density at radius 1 is 1.00 bits per heavy atom. The summed E-state index contributed by atoms with van der Waals surface area (Å²) in [5, 5.41) is 6.29. The first-order chi connectivity index (χ1) is 10.5. The fourth-order valence-corrected chi connectivity index (χ4v) is 2.20. The summed E-state index contributed by atoms with van der Waals surface area (Å²) < 4.78 is 23.5. The maximum atomic E-state index is 13.1. The molecule has 0 radical (unpaired) electrons. The minimum absolute atomic E-state index is 0.0268. The Balaban J connectivity index is 2.07. The van der Waals surface area contributed by atoms with Crippen LogP contribution < -0.4 is 20.1 Å². The summed E-state index contributed by atoms with van der Waals surface area (Å²) >= 11 is 10.9. The maximum absolute atomic E-state index is 13.1. The van der Waals surface area contributed by atoms with Crippen molar-refractivity contribution in [2.75, 3.05) is 24.9 Å². The molecule has 2 N–H and O–H groups in total. The van der Waals surface area contributed by atoms with Gasteiger partial charge >= 0.3 is 0 Å². The summed E-state index contributed by atoms with van der Waals surface area (Å²) in [5.74, 6) is 0.725. The third-order valence-electron chi connectivity index (χ3n) is 2.82. The number of ether oxygens (including phenoxy) is 2. The van der Waals surface area contributed by atoms with Crippen LogP contribution in [-0.2, 0) is 0 Å². The number of rotatable bonds is 4. The van der Waals surface area contributed by atoms with Gasteiger partial charge in [-0.2, -0.15) is 0 Å². The average molecular weight is 341 g/mol. The van der Waals surface area contributed by atoms with E-state index in [-0.39, 0.29) is 5.02 Å². The molecular formula is C15H14ClFN2O2S. The van der Waals surface area contributed by atoms with Crippen molar-refractivity contribution in [3.63, 3.8) is 0 Å². The lowest BCUT2D eigenvalue weighted by atomic mass is 10.2. The molecular weight excluding hydrogens is 327 g/mol. The Morgan fingerprint density at radius 2 is 1.59 bits per heavy atom. The molecule has 4 nitrogen and oxygen atoms in total. The Hall–Kier alpha value is -2.05. The average Bonchev–Trinajstić information content (AvgIpc) is 2.50. The van der Waals surface area contributed by atoms with Gasteiger partial charge in [-0.25, -0.2) is 4.39 Å². The number of anilines is 2. The van der Waals surface area contributed by atoms with E-state index < -0.39 is 5.82 Å². The van der Waals surface area contributed by atoms with Crippen LogP contribution in [0.5, 0.6) is 11.5 Å². The first-order valence-electron chi connectivity index (χ1n) is 6.28. The molecule has 0 heterocycles. The number of benzene rings is 2. The molecule has 0 saturated carbocycles. The van der Waals surface area contributed by atoms with Crippen molar-refractivity contribution in [1.82, 2.24) is 0 Å². The van der Waals surface area contributed by atoms with Crippen LogP contribution >= 0.6 is 23.8 Å². The van der Waals surface area contributed by atoms with Gasteiger partial charge in [0.05, 0.1) is 19.2 Å². The number of hydrogen-bond acceptors (Lipinski definition) is 3. The fourth-order valence-electron chi connectivity index (χ4n) is 1.78. The van der Waals surface area contributed by atoms with Crippen molar-refractivity contribution in [1.29, 1.82) is 0 Å². The summed E-state index contributed by atoms with van der Waals surface area (Å²) in [5.41, 5.74) is 1.31. The van der Waals surface area contributed by atoms with Gasteiger partial charge in [-0.15, -0.1) is 0 Å². The molecule has 0 aromatic heterocycles. The maximum Gasteiger partial charge on any atom is 0.175 e. The molecule has 0 aliphatic rings. The van der Waals surface area contributed by atoms with Crippen molar-refractivity contribution in [2.24, 2.45) is 0 Å². The van der Waals surface area contributed by atoms with Gasteiger partial charge in [-0.1, -0.05) is 11.6 Å². The summed E-state index contributed by atoms with van der Waals surface area (Å²) in [7, 11) is 3.12. The van der Waals surface area contributed by atoms with Crippen molar-refractivity contribution >= 4 is 40.3 Å². The standard InChI is InChI=1S/C15H14ClFN2O2S/c1-20-13-6-4-10(8-14(13)21-2)19-15(22)18-9-3-5-12(17)11(16)7-9/h3-8H,1-2H3,(H2,18,19,22). The molecule has 22 heavy (non-hydrogen) atoms. The molecule has 0 atom stereocenters. The number of hydrogen-bond donors (Lipinski definition) is 2. The van der Waals surface area contributed by atoms with Gasteiger partial charge in [-0.05, 0) is 42.5 Å². The third kappa shape index (κ3) is 3.99. The Morgan fingerprint density at radius 3 is 2.18 bits per heavy atom. The topological polar surface area (TPSA) is 42.5 Å². The van der Waals surface area contributed by atoms with E-state index in [1.165, 1.54) is 12.1 Å². The zero-order valence-corrected chi connectivity index (χ0v) is 13.5. The molecule has 0 amide bonds. The second-order valence-corrected chi connectivity index (χ2v) is 5.09. The number of methoxy groups -OCH3 is 2. The summed E-state index contributed by atoms with van der Waals surface area (Å²) in [4.78, 5) is 0. The highest BCUT2D eigenvalue weighted by Crippen LogP contribution is 2.29. The lowest BCUT2D eigenvalue weighted by Gasteiger charge is -2.13. The van der Waals surface area contributed by atoms with Gasteiger partial charge in [0, 0.05) is 17.4 Å². The van der Waals surface area contributed by atoms with Gasteiger partial charge in [-0.3, -0.25) is 0 Å². The molecule has 2 aromatic rings. The van der Waals surface area contributed by atoms with Crippen LogP contribution in [0.1, 0.15) is 0 Å². The molecule has 7 heteroatoms. The van der Waals surface area contributed by atoms with E-state index in [0.717, 1.165) is 5.69 Å². The molecule has 0 aliphatic carbocycles. The first-order valence-corrected chi connectivity index (χ1v) is 7.07. The predicted molar refractivity (Wildman–Crippen MR) is 90.8 cm³/mol. The fraction of sp³-hybridized carbons (Fsp3) is 0.133. The molecule has 2 rings (SSSR count). The third-order valence-corrected chi connectivity index (χ3v) is 3.31. The normalized spacial score (nSPS) is 10.0. The van der Waals surface area contributed by atoms with E-state index in [2.05, 4.69) is 10.6 Å². The van der Waals surface area contributed by atoms with Crippen molar-refractivity contribution in [3.05, 3.63) is 47.2 Å². The van der Waals surface area contributed by atoms with Crippen LogP contribution in [-0.4, -0.2) is 19.3 Å². The van der Waals surface area contributed by atoms with Crippen LogP contribution in [0, 0.1) is 5.82 Å². The van der Waals surface area contributed by atoms with E-state index in [1.807, 2.05) is 0 Å². The molecule has 0 saturated heterocycles. The van der Waals surface area contributed by atoms with Crippen molar-refractivity contribution < 1.29 is 13.9 Å². The minimum atomic E-state index is -0.481. The number of nitrogens with one attached hydrogen (secondary N) is 2. The van der Waals surface area contributed by atoms with Crippen LogP contribution in [0.2, 0.25) is 5.02 Å². The molecule has 0 bridgehead atoms. The highest BCUT2D eigenvalue weighted by atomic mass is 35.5. The van der Waals surface area contributed by atoms with Gasteiger partial charge in [0.15, 0.2) is 16.6 Å². The van der Waals surface area contributed by atoms with E-state index >= 15 is 0 Å². The summed E-state index contributed by atoms with van der Waals surface area (Å²) in [6.45, 7) is 0. The highest BCUT2D eigenvalue weighted by molar-refractivity contribution is 7.80. The quantitative estimate of drug-likeness (QED) is 0.812. The molecule has 0 spiro atoms. The number of halogens is 2. The molecule has 116 valence electrons. The second kappa shape index (κ2) is 7.29. The lowest BCUT2D eigenvalue weighted by molar-refractivity contribution is 0.355. The van der Waals surface area contributed by atoms with Crippen LogP contribution in [0.15, 0.2) is 36.4 Å². The van der Waals surface area contributed by atoms with E-state index in [4.69, 9.17) is 33.3 Å². The Labute approximate surface area is 138 Å². The molecule has 0 unspecified atom stereocenters. The predicted octanol–water partition coefficient (Wildman–Crippen LogP) is 4.31. The van der Waals surface area contributed by atoms with Crippen molar-refractivity contribution in [3.8, 4) is 11.5 Å². The van der Waals surface area contributed by atoms with Crippen LogP contribution in [0.25, 0.3) is 0 Å². The summed E-state index contributed by atoms with van der Waals surface area (Å²) in [6.07, 6.45) is 0. The van der Waals surface area contributed by atoms with E-state index in [9.17, 15) is 4.39 Å². The zero-order valence-electron chi connectivity index (χ0n) is 11.9. The highest BCUT2D eigenvalue weighted by Gasteiger charge is 2.07. The zero-order chi connectivity index (χ0) is 16.1. The molecule has 2 aromatic carbocycles. The lowest BCUT2D eigenvalue weighted by Crippen LogP contribution is -2.19. The van der Waals surface area contributed by atoms with Crippen LogP contribution in [0.4, 0.5) is 15.8 Å². The van der Waals surface area contributed by atoms with Gasteiger partial charge in [0.1, 0.15) is 5.82 Å². The largest absolute Gasteiger partial charge is 0.493 e. The Kier molecular flexibility index (Phi) is 5.41. The van der Waals surface area contributed by atoms with Gasteiger partial charge in [0.2, 0.25) is 0 Å². The minimum Gasteiger partial charge on any atom is -0.493 e. The monoisotopic (exact) mass is 340 g/mol. The van der Waals surface area contributed by atoms with Gasteiger partial charge < -0.3 is 20.1 Å².